The van der Waals surface area contributed by atoms with Crippen molar-refractivity contribution in [2.24, 2.45) is 0 Å². The molecular formula is C12H30GaN3. The minimum absolute atomic E-state index is 0.168. The van der Waals surface area contributed by atoms with Crippen LogP contribution < -0.4 is 12.1 Å². The van der Waals surface area contributed by atoms with Gasteiger partial charge in [-0.2, -0.15) is 0 Å². The summed E-state index contributed by atoms with van der Waals surface area (Å²) in [5.41, 5.74) is 0.503. The van der Waals surface area contributed by atoms with Crippen molar-refractivity contribution in [1.82, 2.24) is 12.1 Å². The van der Waals surface area contributed by atoms with E-state index >= 15 is 0 Å². The standard InChI is InChI=1S/3C4H10N.Ga/c3*1-4(2,3)5;/h3*5H,1-3H3;/q3*-1;+3. The molecule has 0 spiro atoms. The van der Waals surface area contributed by atoms with Crippen molar-refractivity contribution in [3.63, 3.8) is 0 Å². The van der Waals surface area contributed by atoms with Crippen LogP contribution in [0.5, 0.6) is 0 Å². The normalized spacial score (nSPS) is 14.1. The summed E-state index contributed by atoms with van der Waals surface area (Å²) < 4.78 is 11.2. The van der Waals surface area contributed by atoms with E-state index in [0.717, 1.165) is 0 Å². The summed E-state index contributed by atoms with van der Waals surface area (Å²) in [6, 6.07) is 0. The molecule has 0 saturated carbocycles. The van der Waals surface area contributed by atoms with Gasteiger partial charge < -0.3 is 0 Å². The first-order valence-corrected chi connectivity index (χ1v) is 9.75. The molecule has 0 radical (unpaired) electrons. The van der Waals surface area contributed by atoms with Crippen LogP contribution in [-0.2, 0) is 0 Å². The van der Waals surface area contributed by atoms with Crippen LogP contribution in [0.2, 0.25) is 0 Å². The Labute approximate surface area is 108 Å². The molecule has 0 aromatic carbocycles. The fraction of sp³-hybridized carbons (Fsp3) is 1.00. The van der Waals surface area contributed by atoms with E-state index in [9.17, 15) is 0 Å². The summed E-state index contributed by atoms with van der Waals surface area (Å²) >= 11 is -1.87. The first-order chi connectivity index (χ1) is 6.79. The molecule has 0 aromatic heterocycles. The molecular weight excluding hydrogens is 256 g/mol. The van der Waals surface area contributed by atoms with Crippen LogP contribution in [0.15, 0.2) is 0 Å². The molecule has 16 heavy (non-hydrogen) atoms. The predicted octanol–water partition coefficient (Wildman–Crippen LogP) is 2.14. The van der Waals surface area contributed by atoms with E-state index in [1.165, 1.54) is 0 Å². The van der Waals surface area contributed by atoms with Crippen molar-refractivity contribution in [3.8, 4) is 0 Å². The van der Waals surface area contributed by atoms with Crippen molar-refractivity contribution in [1.29, 1.82) is 0 Å². The fourth-order valence-corrected chi connectivity index (χ4v) is 7.31. The van der Waals surface area contributed by atoms with Crippen molar-refractivity contribution >= 4 is 16.9 Å². The second-order valence-corrected chi connectivity index (χ2v) is 11.2. The Morgan fingerprint density at radius 1 is 0.500 bits per heavy atom. The van der Waals surface area contributed by atoms with Gasteiger partial charge in [0.05, 0.1) is 0 Å². The molecule has 0 aliphatic carbocycles. The van der Waals surface area contributed by atoms with Crippen molar-refractivity contribution in [2.45, 2.75) is 78.9 Å². The van der Waals surface area contributed by atoms with Gasteiger partial charge in [0.15, 0.2) is 0 Å². The average molecular weight is 286 g/mol. The molecule has 0 atom stereocenters. The molecule has 4 heteroatoms. The molecule has 0 bridgehead atoms. The maximum atomic E-state index is 3.73. The minimum atomic E-state index is -1.87. The summed E-state index contributed by atoms with van der Waals surface area (Å²) in [6.07, 6.45) is 0. The molecule has 0 saturated heterocycles. The summed E-state index contributed by atoms with van der Waals surface area (Å²) in [5, 5.41) is 0. The van der Waals surface area contributed by atoms with E-state index in [1.807, 2.05) is 0 Å². The molecule has 96 valence electrons. The Kier molecular flexibility index (Phi) is 5.62. The first kappa shape index (κ1) is 16.5. The second-order valence-electron chi connectivity index (χ2n) is 7.62. The number of hydrogen-bond donors (Lipinski definition) is 3. The van der Waals surface area contributed by atoms with Crippen LogP contribution in [0.3, 0.4) is 0 Å². The first-order valence-electron chi connectivity index (χ1n) is 6.12. The molecule has 0 aliphatic heterocycles. The molecule has 0 fully saturated rings. The number of nitrogens with one attached hydrogen (secondary N) is 3. The van der Waals surface area contributed by atoms with Gasteiger partial charge >= 0.3 is 108 Å². The Bertz CT molecular complexity index is 170. The zero-order valence-electron chi connectivity index (χ0n) is 12.6. The molecule has 0 aromatic rings. The van der Waals surface area contributed by atoms with Crippen molar-refractivity contribution in [2.75, 3.05) is 0 Å². The van der Waals surface area contributed by atoms with E-state index in [-0.39, 0.29) is 16.6 Å². The monoisotopic (exact) mass is 285 g/mol. The van der Waals surface area contributed by atoms with Gasteiger partial charge in [-0.25, -0.2) is 0 Å². The van der Waals surface area contributed by atoms with E-state index in [0.29, 0.717) is 0 Å². The van der Waals surface area contributed by atoms with Crippen LogP contribution >= 0.6 is 0 Å². The summed E-state index contributed by atoms with van der Waals surface area (Å²) in [6.45, 7) is 20.0. The zero-order chi connectivity index (χ0) is 13.2. The van der Waals surface area contributed by atoms with Crippen molar-refractivity contribution in [3.05, 3.63) is 0 Å². The van der Waals surface area contributed by atoms with Crippen LogP contribution in [0.25, 0.3) is 0 Å². The van der Waals surface area contributed by atoms with E-state index in [4.69, 9.17) is 0 Å². The topological polar surface area (TPSA) is 36.1 Å². The van der Waals surface area contributed by atoms with E-state index in [2.05, 4.69) is 74.4 Å². The molecule has 0 aliphatic rings. The summed E-state index contributed by atoms with van der Waals surface area (Å²) in [5.74, 6) is 0. The Hall–Kier alpha value is 0.516. The van der Waals surface area contributed by atoms with Gasteiger partial charge in [0.2, 0.25) is 0 Å². The predicted molar refractivity (Wildman–Crippen MR) is 74.4 cm³/mol. The quantitative estimate of drug-likeness (QED) is 0.696. The maximum absolute atomic E-state index is 3.73. The average Bonchev–Trinajstić information content (AvgIpc) is 1.70. The van der Waals surface area contributed by atoms with Crippen molar-refractivity contribution < 1.29 is 0 Å². The SMILES string of the molecule is CC(C)(C)[NH][Ga]([NH]C(C)(C)C)[NH]C(C)(C)C. The molecule has 3 N–H and O–H groups in total. The van der Waals surface area contributed by atoms with E-state index in [1.54, 1.807) is 0 Å². The Morgan fingerprint density at radius 3 is 0.812 bits per heavy atom. The van der Waals surface area contributed by atoms with Gasteiger partial charge in [-0.3, -0.25) is 0 Å². The van der Waals surface area contributed by atoms with Gasteiger partial charge in [0.1, 0.15) is 0 Å². The van der Waals surface area contributed by atoms with Crippen LogP contribution in [0, 0.1) is 0 Å². The number of hydrogen-bond acceptors (Lipinski definition) is 3. The van der Waals surface area contributed by atoms with Crippen LogP contribution in [0.1, 0.15) is 62.3 Å². The van der Waals surface area contributed by atoms with Gasteiger partial charge in [0, 0.05) is 0 Å². The zero-order valence-corrected chi connectivity index (χ0v) is 15.0. The van der Waals surface area contributed by atoms with Gasteiger partial charge in [-0.1, -0.05) is 0 Å². The Balaban J connectivity index is 4.53. The van der Waals surface area contributed by atoms with Crippen LogP contribution in [-0.4, -0.2) is 33.6 Å². The van der Waals surface area contributed by atoms with Gasteiger partial charge in [-0.05, 0) is 0 Å². The molecule has 3 nitrogen and oxygen atoms in total. The van der Waals surface area contributed by atoms with Gasteiger partial charge in [0.25, 0.3) is 0 Å². The third kappa shape index (κ3) is 11.0. The fourth-order valence-electron chi connectivity index (χ4n) is 1.41. The Morgan fingerprint density at radius 2 is 0.688 bits per heavy atom. The third-order valence-electron chi connectivity index (χ3n) is 1.73. The molecule has 0 unspecified atom stereocenters. The second kappa shape index (κ2) is 5.44. The number of rotatable bonds is 3. The van der Waals surface area contributed by atoms with Crippen LogP contribution in [0.4, 0.5) is 0 Å². The molecule has 0 rings (SSSR count). The summed E-state index contributed by atoms with van der Waals surface area (Å²) in [7, 11) is 0. The molecule has 0 amide bonds. The van der Waals surface area contributed by atoms with E-state index < -0.39 is 16.9 Å². The summed E-state index contributed by atoms with van der Waals surface area (Å²) in [4.78, 5) is 0. The van der Waals surface area contributed by atoms with Gasteiger partial charge in [-0.15, -0.1) is 0 Å². The molecule has 0 heterocycles. The third-order valence-corrected chi connectivity index (χ3v) is 9.00.